The maximum atomic E-state index is 11.9. The van der Waals surface area contributed by atoms with Crippen LogP contribution in [0.5, 0.6) is 0 Å². The van der Waals surface area contributed by atoms with Gasteiger partial charge in [0, 0.05) is 30.8 Å². The summed E-state index contributed by atoms with van der Waals surface area (Å²) in [5.74, 6) is 0.796. The number of H-pyrrole nitrogens is 1. The van der Waals surface area contributed by atoms with Gasteiger partial charge in [-0.15, -0.1) is 0 Å². The van der Waals surface area contributed by atoms with Crippen molar-refractivity contribution in [2.75, 3.05) is 0 Å². The first-order chi connectivity index (χ1) is 8.44. The smallest absolute Gasteiger partial charge is 0.255 e. The van der Waals surface area contributed by atoms with Crippen LogP contribution in [0.25, 0.3) is 0 Å². The summed E-state index contributed by atoms with van der Waals surface area (Å²) in [6, 6.07) is 0.616. The summed E-state index contributed by atoms with van der Waals surface area (Å²) < 4.78 is 0. The Hall–Kier alpha value is -1.16. The Labute approximate surface area is 108 Å². The molecule has 0 amide bonds. The Kier molecular flexibility index (Phi) is 3.85. The van der Waals surface area contributed by atoms with Crippen LogP contribution < -0.4 is 10.9 Å². The van der Waals surface area contributed by atoms with Crippen molar-refractivity contribution in [3.63, 3.8) is 0 Å². The average molecular weight is 249 g/mol. The van der Waals surface area contributed by atoms with Crippen molar-refractivity contribution < 1.29 is 0 Å². The minimum absolute atomic E-state index is 0.00191. The third-order valence-electron chi connectivity index (χ3n) is 3.20. The van der Waals surface area contributed by atoms with E-state index < -0.39 is 0 Å². The molecule has 1 aromatic rings. The van der Waals surface area contributed by atoms with Crippen molar-refractivity contribution in [3.05, 3.63) is 27.9 Å². The third-order valence-corrected chi connectivity index (χ3v) is 3.20. The quantitative estimate of drug-likeness (QED) is 0.839. The van der Waals surface area contributed by atoms with E-state index in [1.807, 2.05) is 0 Å². The number of hydrogen-bond donors (Lipinski definition) is 2. The lowest BCUT2D eigenvalue weighted by atomic mass is 9.90. The van der Waals surface area contributed by atoms with Gasteiger partial charge >= 0.3 is 0 Å². The molecule has 1 fully saturated rings. The second kappa shape index (κ2) is 5.22. The van der Waals surface area contributed by atoms with Gasteiger partial charge in [-0.05, 0) is 24.7 Å². The standard InChI is InChI=1S/C14H23N3O/c1-14(2,3)7-6-12-16-9-10(13(18)17-12)8-15-11-4-5-11/h9,11,15H,4-8H2,1-3H3,(H,16,17,18). The highest BCUT2D eigenvalue weighted by Gasteiger charge is 2.20. The molecule has 0 spiro atoms. The zero-order valence-electron chi connectivity index (χ0n) is 11.5. The first kappa shape index (κ1) is 13.3. The van der Waals surface area contributed by atoms with Gasteiger partial charge in [-0.1, -0.05) is 20.8 Å². The molecular weight excluding hydrogens is 226 g/mol. The van der Waals surface area contributed by atoms with E-state index in [0.29, 0.717) is 12.6 Å². The first-order valence-electron chi connectivity index (χ1n) is 6.74. The zero-order chi connectivity index (χ0) is 13.2. The molecule has 0 aromatic carbocycles. The molecule has 2 rings (SSSR count). The number of aromatic nitrogens is 2. The predicted molar refractivity (Wildman–Crippen MR) is 72.5 cm³/mol. The van der Waals surface area contributed by atoms with E-state index in [1.165, 1.54) is 12.8 Å². The molecule has 100 valence electrons. The van der Waals surface area contributed by atoms with Crippen LogP contribution in [0.2, 0.25) is 0 Å². The molecule has 2 N–H and O–H groups in total. The molecule has 0 atom stereocenters. The summed E-state index contributed by atoms with van der Waals surface area (Å²) in [6.45, 7) is 7.21. The summed E-state index contributed by atoms with van der Waals surface area (Å²) in [5.41, 5.74) is 1.01. The van der Waals surface area contributed by atoms with E-state index in [4.69, 9.17) is 0 Å². The monoisotopic (exact) mass is 249 g/mol. The van der Waals surface area contributed by atoms with Crippen molar-refractivity contribution >= 4 is 0 Å². The Morgan fingerprint density at radius 2 is 2.17 bits per heavy atom. The van der Waals surface area contributed by atoms with Crippen molar-refractivity contribution in [3.8, 4) is 0 Å². The molecule has 0 aliphatic heterocycles. The largest absolute Gasteiger partial charge is 0.310 e. The summed E-state index contributed by atoms with van der Waals surface area (Å²) >= 11 is 0. The van der Waals surface area contributed by atoms with Gasteiger partial charge in [-0.25, -0.2) is 4.98 Å². The fourth-order valence-corrected chi connectivity index (χ4v) is 1.75. The summed E-state index contributed by atoms with van der Waals surface area (Å²) in [4.78, 5) is 19.1. The van der Waals surface area contributed by atoms with Crippen LogP contribution in [0.4, 0.5) is 0 Å². The van der Waals surface area contributed by atoms with Gasteiger partial charge < -0.3 is 10.3 Å². The molecule has 0 radical (unpaired) electrons. The third kappa shape index (κ3) is 4.26. The van der Waals surface area contributed by atoms with Gasteiger partial charge in [-0.3, -0.25) is 4.79 Å². The van der Waals surface area contributed by atoms with Crippen LogP contribution in [0.3, 0.4) is 0 Å². The molecule has 1 aromatic heterocycles. The zero-order valence-corrected chi connectivity index (χ0v) is 11.5. The van der Waals surface area contributed by atoms with Gasteiger partial charge in [-0.2, -0.15) is 0 Å². The van der Waals surface area contributed by atoms with Crippen molar-refractivity contribution in [2.24, 2.45) is 5.41 Å². The van der Waals surface area contributed by atoms with Gasteiger partial charge in [0.1, 0.15) is 5.82 Å². The number of rotatable bonds is 5. The second-order valence-electron chi connectivity index (χ2n) is 6.40. The molecule has 1 aliphatic rings. The minimum Gasteiger partial charge on any atom is -0.310 e. The van der Waals surface area contributed by atoms with Crippen LogP contribution in [0.1, 0.15) is 51.4 Å². The number of aromatic amines is 1. The Morgan fingerprint density at radius 1 is 1.44 bits per heavy atom. The fourth-order valence-electron chi connectivity index (χ4n) is 1.75. The molecule has 0 saturated heterocycles. The summed E-state index contributed by atoms with van der Waals surface area (Å²) in [7, 11) is 0. The molecule has 18 heavy (non-hydrogen) atoms. The normalized spacial score (nSPS) is 15.9. The van der Waals surface area contributed by atoms with Crippen molar-refractivity contribution in [1.29, 1.82) is 0 Å². The van der Waals surface area contributed by atoms with E-state index in [0.717, 1.165) is 24.2 Å². The van der Waals surface area contributed by atoms with Crippen LogP contribution in [-0.2, 0) is 13.0 Å². The highest BCUT2D eigenvalue weighted by Crippen LogP contribution is 2.20. The van der Waals surface area contributed by atoms with Crippen LogP contribution in [0.15, 0.2) is 11.0 Å². The van der Waals surface area contributed by atoms with E-state index in [2.05, 4.69) is 36.1 Å². The summed E-state index contributed by atoms with van der Waals surface area (Å²) in [5, 5.41) is 3.33. The Balaban J connectivity index is 1.93. The average Bonchev–Trinajstić information content (AvgIpc) is 3.08. The molecule has 0 unspecified atom stereocenters. The fraction of sp³-hybridized carbons (Fsp3) is 0.714. The van der Waals surface area contributed by atoms with E-state index in [9.17, 15) is 4.79 Å². The molecule has 4 heteroatoms. The van der Waals surface area contributed by atoms with Gasteiger partial charge in [0.15, 0.2) is 0 Å². The molecule has 1 saturated carbocycles. The van der Waals surface area contributed by atoms with E-state index in [1.54, 1.807) is 6.20 Å². The lowest BCUT2D eigenvalue weighted by Gasteiger charge is -2.17. The number of aryl methyl sites for hydroxylation is 1. The topological polar surface area (TPSA) is 57.8 Å². The Bertz CT molecular complexity index is 455. The number of nitrogens with one attached hydrogen (secondary N) is 2. The van der Waals surface area contributed by atoms with Crippen LogP contribution >= 0.6 is 0 Å². The molecule has 4 nitrogen and oxygen atoms in total. The van der Waals surface area contributed by atoms with Crippen molar-refractivity contribution in [1.82, 2.24) is 15.3 Å². The Morgan fingerprint density at radius 3 is 2.72 bits per heavy atom. The maximum Gasteiger partial charge on any atom is 0.255 e. The highest BCUT2D eigenvalue weighted by atomic mass is 16.1. The van der Waals surface area contributed by atoms with Crippen molar-refractivity contribution in [2.45, 2.75) is 59.0 Å². The molecular formula is C14H23N3O. The highest BCUT2D eigenvalue weighted by molar-refractivity contribution is 5.06. The van der Waals surface area contributed by atoms with E-state index in [-0.39, 0.29) is 11.0 Å². The van der Waals surface area contributed by atoms with Gasteiger partial charge in [0.25, 0.3) is 5.56 Å². The SMILES string of the molecule is CC(C)(C)CCc1ncc(CNC2CC2)c(=O)[nH]1. The number of hydrogen-bond acceptors (Lipinski definition) is 3. The van der Waals surface area contributed by atoms with Crippen LogP contribution in [0, 0.1) is 5.41 Å². The molecule has 0 bridgehead atoms. The second-order valence-corrected chi connectivity index (χ2v) is 6.40. The lowest BCUT2D eigenvalue weighted by molar-refractivity contribution is 0.374. The number of nitrogens with zero attached hydrogens (tertiary/aromatic N) is 1. The van der Waals surface area contributed by atoms with E-state index >= 15 is 0 Å². The predicted octanol–water partition coefficient (Wildman–Crippen LogP) is 2.00. The summed E-state index contributed by atoms with van der Waals surface area (Å²) in [6.07, 6.45) is 6.03. The molecule has 1 heterocycles. The molecule has 1 aliphatic carbocycles. The first-order valence-corrected chi connectivity index (χ1v) is 6.74. The van der Waals surface area contributed by atoms with Gasteiger partial charge in [0.05, 0.1) is 0 Å². The van der Waals surface area contributed by atoms with Crippen LogP contribution in [-0.4, -0.2) is 16.0 Å². The maximum absolute atomic E-state index is 11.9. The minimum atomic E-state index is 0.00191. The lowest BCUT2D eigenvalue weighted by Crippen LogP contribution is -2.24. The van der Waals surface area contributed by atoms with Gasteiger partial charge in [0.2, 0.25) is 0 Å².